The number of urea groups is 1. The smallest absolute Gasteiger partial charge is 0.317 e. The van der Waals surface area contributed by atoms with Crippen molar-refractivity contribution >= 4 is 17.6 Å². The summed E-state index contributed by atoms with van der Waals surface area (Å²) in [7, 11) is 0. The first-order valence-electron chi connectivity index (χ1n) is 13.3. The Balaban J connectivity index is 1.10. The Labute approximate surface area is 208 Å². The highest BCUT2D eigenvalue weighted by Crippen LogP contribution is 2.47. The highest BCUT2D eigenvalue weighted by atomic mass is 19.1. The maximum Gasteiger partial charge on any atom is 0.317 e. The lowest BCUT2D eigenvalue weighted by Crippen LogP contribution is -2.53. The number of hydrogen-bond acceptors (Lipinski definition) is 5. The minimum Gasteiger partial charge on any atom is -0.334 e. The molecular formula is C26H33FN6O2. The number of rotatable bonds is 6. The Morgan fingerprint density at radius 1 is 1.17 bits per heavy atom. The first kappa shape index (κ1) is 21.3. The van der Waals surface area contributed by atoms with E-state index >= 15 is 0 Å². The zero-order valence-corrected chi connectivity index (χ0v) is 19.7. The summed E-state index contributed by atoms with van der Waals surface area (Å²) in [5.74, 6) is -2.49. The zero-order valence-electron chi connectivity index (χ0n) is 21.7. The Morgan fingerprint density at radius 2 is 1.97 bits per heavy atom. The molecule has 2 aromatic rings. The molecule has 0 radical (unpaired) electrons. The second-order valence-corrected chi connectivity index (χ2v) is 9.37. The summed E-state index contributed by atoms with van der Waals surface area (Å²) in [6.07, 6.45) is 3.36. The van der Waals surface area contributed by atoms with Crippen molar-refractivity contribution in [3.05, 3.63) is 59.7 Å². The highest BCUT2D eigenvalue weighted by Gasteiger charge is 2.44. The molecule has 1 aromatic heterocycles. The molecule has 3 fully saturated rings. The molecule has 186 valence electrons. The fraction of sp³-hybridized carbons (Fsp3) is 0.500. The largest absolute Gasteiger partial charge is 0.334 e. The average molecular weight is 483 g/mol. The van der Waals surface area contributed by atoms with E-state index in [9.17, 15) is 14.0 Å². The molecule has 35 heavy (non-hydrogen) atoms. The first-order valence-corrected chi connectivity index (χ1v) is 12.3. The number of pyridine rings is 1. The normalized spacial score (nSPS) is 25.3. The summed E-state index contributed by atoms with van der Waals surface area (Å²) in [6, 6.07) is 8.07. The van der Waals surface area contributed by atoms with Crippen LogP contribution in [-0.2, 0) is 11.3 Å². The minimum absolute atomic E-state index is 0.0465. The number of anilines is 1. The zero-order chi connectivity index (χ0) is 26.0. The molecule has 5 rings (SSSR count). The number of likely N-dealkylation sites (tertiary alicyclic amines) is 1. The third kappa shape index (κ3) is 5.79. The summed E-state index contributed by atoms with van der Waals surface area (Å²) < 4.78 is 31.1. The van der Waals surface area contributed by atoms with Gasteiger partial charge >= 0.3 is 6.03 Å². The van der Waals surface area contributed by atoms with Crippen LogP contribution in [0.2, 0.25) is 0 Å². The number of piperidine rings is 1. The summed E-state index contributed by atoms with van der Waals surface area (Å²) >= 11 is 0. The lowest BCUT2D eigenvalue weighted by atomic mass is 10.0. The third-order valence-electron chi connectivity index (χ3n) is 7.08. The maximum atomic E-state index is 14.8. The van der Waals surface area contributed by atoms with E-state index in [1.807, 2.05) is 0 Å². The van der Waals surface area contributed by atoms with Gasteiger partial charge in [-0.1, -0.05) is 12.1 Å². The van der Waals surface area contributed by atoms with Gasteiger partial charge in [0.05, 0.1) is 0 Å². The number of halogens is 1. The molecule has 3 amide bonds. The molecule has 9 heteroatoms. The van der Waals surface area contributed by atoms with E-state index in [0.717, 1.165) is 39.0 Å². The van der Waals surface area contributed by atoms with Gasteiger partial charge in [0.2, 0.25) is 5.91 Å². The minimum atomic E-state index is -1.69. The molecule has 0 bridgehead atoms. The van der Waals surface area contributed by atoms with Crippen molar-refractivity contribution in [2.75, 3.05) is 44.6 Å². The van der Waals surface area contributed by atoms with E-state index in [1.165, 1.54) is 12.1 Å². The van der Waals surface area contributed by atoms with Gasteiger partial charge in [-0.3, -0.25) is 14.7 Å². The van der Waals surface area contributed by atoms with Crippen LogP contribution in [0.25, 0.3) is 0 Å². The molecule has 8 nitrogen and oxygen atoms in total. The molecule has 3 N–H and O–H groups in total. The lowest BCUT2D eigenvalue weighted by Gasteiger charge is -2.40. The van der Waals surface area contributed by atoms with Crippen LogP contribution in [0.1, 0.15) is 39.0 Å². The summed E-state index contributed by atoms with van der Waals surface area (Å²) in [5.41, 5.74) is 1.23. The predicted molar refractivity (Wildman–Crippen MR) is 131 cm³/mol. The summed E-state index contributed by atoms with van der Waals surface area (Å²) in [6.45, 7) is 5.53. The van der Waals surface area contributed by atoms with Gasteiger partial charge in [-0.15, -0.1) is 0 Å². The summed E-state index contributed by atoms with van der Waals surface area (Å²) in [5, 5.41) is 8.80. The Morgan fingerprint density at radius 3 is 2.69 bits per heavy atom. The maximum absolute atomic E-state index is 14.8. The molecular weight excluding hydrogens is 447 g/mol. The average Bonchev–Trinajstić information content (AvgIpc) is 3.51. The number of carbonyl (C=O) groups excluding carboxylic acids is 2. The van der Waals surface area contributed by atoms with Crippen LogP contribution in [0.3, 0.4) is 0 Å². The van der Waals surface area contributed by atoms with Gasteiger partial charge < -0.3 is 20.9 Å². The van der Waals surface area contributed by atoms with Crippen LogP contribution in [0.5, 0.6) is 0 Å². The Kier molecular flexibility index (Phi) is 6.50. The third-order valence-corrected chi connectivity index (χ3v) is 7.08. The van der Waals surface area contributed by atoms with Crippen LogP contribution in [0.4, 0.5) is 14.9 Å². The van der Waals surface area contributed by atoms with Crippen molar-refractivity contribution in [3.63, 3.8) is 0 Å². The van der Waals surface area contributed by atoms with Gasteiger partial charge in [0.25, 0.3) is 0 Å². The fourth-order valence-corrected chi connectivity index (χ4v) is 4.97. The van der Waals surface area contributed by atoms with Crippen LogP contribution in [0.15, 0.2) is 42.7 Å². The van der Waals surface area contributed by atoms with E-state index in [-0.39, 0.29) is 18.3 Å². The molecule has 2 unspecified atom stereocenters. The second kappa shape index (κ2) is 10.7. The molecule has 1 aliphatic carbocycles. The molecule has 1 saturated carbocycles. The predicted octanol–water partition coefficient (Wildman–Crippen LogP) is 2.54. The van der Waals surface area contributed by atoms with Crippen molar-refractivity contribution in [2.24, 2.45) is 5.92 Å². The Hall–Kier alpha value is -3.04. The topological polar surface area (TPSA) is 89.6 Å². The van der Waals surface area contributed by atoms with Crippen molar-refractivity contribution in [2.45, 2.75) is 37.7 Å². The molecule has 3 aliphatic rings. The number of hydrogen-bond donors (Lipinski definition) is 3. The van der Waals surface area contributed by atoms with Gasteiger partial charge in [-0.25, -0.2) is 9.18 Å². The standard InChI is InChI=1S/C26H33FN6O2/c27-24-14-20(31-25(34)23-15-22(23)18-2-1-7-29-16-18)4-3-19(24)17-30-26(35)33-10-5-21(6-11-33)32-12-8-28-9-13-32/h1-4,7,14,16,21-23,28H,5-6,8-13,15,17H2,(H,30,35)(H,31,34)/i15D2. The number of nitrogens with zero attached hydrogens (tertiary/aromatic N) is 3. The number of benzene rings is 1. The number of piperazine rings is 1. The SMILES string of the molecule is [2H]C1([2H])C(C(=O)Nc2ccc(CNC(=O)N3CCC(N4CCNCC4)CC3)c(F)c2)C1c1cccnc1. The first-order chi connectivity index (χ1) is 17.8. The van der Waals surface area contributed by atoms with E-state index < -0.39 is 29.9 Å². The van der Waals surface area contributed by atoms with Crippen molar-refractivity contribution in [3.8, 4) is 0 Å². The van der Waals surface area contributed by atoms with Gasteiger partial charge in [0.15, 0.2) is 0 Å². The quantitative estimate of drug-likeness (QED) is 0.589. The highest BCUT2D eigenvalue weighted by molar-refractivity contribution is 5.95. The molecule has 2 saturated heterocycles. The fourth-order valence-electron chi connectivity index (χ4n) is 4.97. The molecule has 2 aliphatic heterocycles. The van der Waals surface area contributed by atoms with Crippen LogP contribution in [0, 0.1) is 11.7 Å². The van der Waals surface area contributed by atoms with Gasteiger partial charge in [-0.05, 0) is 48.9 Å². The number of aromatic nitrogens is 1. The van der Waals surface area contributed by atoms with Crippen molar-refractivity contribution in [1.82, 2.24) is 25.4 Å². The van der Waals surface area contributed by atoms with E-state index in [4.69, 9.17) is 2.74 Å². The van der Waals surface area contributed by atoms with Gasteiger partial charge in [-0.2, -0.15) is 0 Å². The number of carbonyl (C=O) groups is 2. The molecule has 3 heterocycles. The molecule has 0 spiro atoms. The number of nitrogens with one attached hydrogen (secondary N) is 3. The van der Waals surface area contributed by atoms with Crippen LogP contribution < -0.4 is 16.0 Å². The lowest BCUT2D eigenvalue weighted by molar-refractivity contribution is -0.117. The van der Waals surface area contributed by atoms with Gasteiger partial charge in [0, 0.05) is 84.2 Å². The van der Waals surface area contributed by atoms with Gasteiger partial charge in [0.1, 0.15) is 5.82 Å². The number of amides is 3. The van der Waals surface area contributed by atoms with E-state index in [0.29, 0.717) is 30.3 Å². The summed E-state index contributed by atoms with van der Waals surface area (Å²) in [4.78, 5) is 33.7. The van der Waals surface area contributed by atoms with Crippen LogP contribution >= 0.6 is 0 Å². The van der Waals surface area contributed by atoms with Crippen LogP contribution in [-0.4, -0.2) is 72.0 Å². The second-order valence-electron chi connectivity index (χ2n) is 9.37. The van der Waals surface area contributed by atoms with E-state index in [1.54, 1.807) is 35.5 Å². The molecule has 1 aromatic carbocycles. The Bertz CT molecular complexity index is 1120. The van der Waals surface area contributed by atoms with E-state index in [2.05, 4.69) is 25.8 Å². The van der Waals surface area contributed by atoms with Crippen molar-refractivity contribution < 1.29 is 16.7 Å². The van der Waals surface area contributed by atoms with Crippen molar-refractivity contribution in [1.29, 1.82) is 0 Å². The molecule has 2 atom stereocenters. The monoisotopic (exact) mass is 482 g/mol.